The summed E-state index contributed by atoms with van der Waals surface area (Å²) in [4.78, 5) is 13.5. The summed E-state index contributed by atoms with van der Waals surface area (Å²) in [7, 11) is 0. The van der Waals surface area contributed by atoms with Gasteiger partial charge in [-0.2, -0.15) is 5.26 Å². The first-order valence-corrected chi connectivity index (χ1v) is 7.75. The van der Waals surface area contributed by atoms with Crippen LogP contribution in [0.1, 0.15) is 22.6 Å². The molecule has 1 unspecified atom stereocenters. The van der Waals surface area contributed by atoms with Crippen LogP contribution in [0.5, 0.6) is 0 Å². The molecule has 0 aliphatic carbocycles. The lowest BCUT2D eigenvalue weighted by atomic mass is 10.0. The third-order valence-electron chi connectivity index (χ3n) is 3.57. The molecule has 0 bridgehead atoms. The van der Waals surface area contributed by atoms with Crippen molar-refractivity contribution in [2.24, 2.45) is 0 Å². The van der Waals surface area contributed by atoms with E-state index >= 15 is 0 Å². The number of carbonyl (C=O) groups excluding carboxylic acids is 1. The van der Waals surface area contributed by atoms with E-state index in [9.17, 15) is 4.79 Å². The summed E-state index contributed by atoms with van der Waals surface area (Å²) in [6, 6.07) is 17.4. The first-order chi connectivity index (χ1) is 10.3. The highest BCUT2D eigenvalue weighted by Gasteiger charge is 2.28. The van der Waals surface area contributed by atoms with Crippen LogP contribution in [-0.2, 0) is 11.3 Å². The number of nitrogens with one attached hydrogen (secondary N) is 1. The van der Waals surface area contributed by atoms with Gasteiger partial charge < -0.3 is 5.32 Å². The quantitative estimate of drug-likeness (QED) is 0.946. The van der Waals surface area contributed by atoms with Gasteiger partial charge in [-0.25, -0.2) is 0 Å². The highest BCUT2D eigenvalue weighted by molar-refractivity contribution is 7.99. The van der Waals surface area contributed by atoms with E-state index in [1.165, 1.54) is 4.90 Å². The van der Waals surface area contributed by atoms with Crippen molar-refractivity contribution in [3.63, 3.8) is 0 Å². The normalized spacial score (nSPS) is 16.0. The van der Waals surface area contributed by atoms with Gasteiger partial charge in [-0.3, -0.25) is 4.79 Å². The lowest BCUT2D eigenvalue weighted by Crippen LogP contribution is -2.29. The standard InChI is InChI=1S/C17H14N2OS/c18-9-12-5-7-13(8-6-12)10-19-17(20)15-11-21-16-4-2-1-3-14(15)16/h1-8,15H,10-11H2,(H,19,20). The Bertz CT molecular complexity index is 703. The van der Waals surface area contributed by atoms with Crippen LogP contribution in [0.2, 0.25) is 0 Å². The number of hydrogen-bond acceptors (Lipinski definition) is 3. The summed E-state index contributed by atoms with van der Waals surface area (Å²) in [5, 5.41) is 11.7. The topological polar surface area (TPSA) is 52.9 Å². The summed E-state index contributed by atoms with van der Waals surface area (Å²) in [6.45, 7) is 0.494. The maximum atomic E-state index is 12.3. The van der Waals surface area contributed by atoms with Crippen molar-refractivity contribution in [2.75, 3.05) is 5.75 Å². The van der Waals surface area contributed by atoms with Gasteiger partial charge in [0.25, 0.3) is 0 Å². The van der Waals surface area contributed by atoms with E-state index in [-0.39, 0.29) is 11.8 Å². The summed E-state index contributed by atoms with van der Waals surface area (Å²) >= 11 is 1.73. The fourth-order valence-corrected chi connectivity index (χ4v) is 3.62. The molecule has 2 aromatic rings. The van der Waals surface area contributed by atoms with Gasteiger partial charge in [-0.15, -0.1) is 11.8 Å². The fraction of sp³-hybridized carbons (Fsp3) is 0.176. The molecule has 0 radical (unpaired) electrons. The first-order valence-electron chi connectivity index (χ1n) is 6.76. The van der Waals surface area contributed by atoms with E-state index in [1.807, 2.05) is 30.3 Å². The van der Waals surface area contributed by atoms with E-state index in [2.05, 4.69) is 17.5 Å². The van der Waals surface area contributed by atoms with E-state index in [4.69, 9.17) is 5.26 Å². The predicted molar refractivity (Wildman–Crippen MR) is 82.9 cm³/mol. The number of carbonyl (C=O) groups is 1. The molecule has 0 saturated heterocycles. The molecule has 4 heteroatoms. The molecule has 0 fully saturated rings. The van der Waals surface area contributed by atoms with Gasteiger partial charge in [0.2, 0.25) is 5.91 Å². The third kappa shape index (κ3) is 2.93. The molecular formula is C17H14N2OS. The minimum Gasteiger partial charge on any atom is -0.351 e. The van der Waals surface area contributed by atoms with Crippen LogP contribution in [0.25, 0.3) is 0 Å². The van der Waals surface area contributed by atoms with Gasteiger partial charge in [-0.05, 0) is 29.3 Å². The number of thioether (sulfide) groups is 1. The van der Waals surface area contributed by atoms with E-state index in [0.717, 1.165) is 16.9 Å². The van der Waals surface area contributed by atoms with E-state index in [0.29, 0.717) is 12.1 Å². The van der Waals surface area contributed by atoms with Crippen molar-refractivity contribution < 1.29 is 4.79 Å². The van der Waals surface area contributed by atoms with Crippen LogP contribution < -0.4 is 5.32 Å². The SMILES string of the molecule is N#Cc1ccc(CNC(=O)C2CSc3ccccc32)cc1. The van der Waals surface area contributed by atoms with Crippen molar-refractivity contribution in [1.82, 2.24) is 5.32 Å². The smallest absolute Gasteiger partial charge is 0.228 e. The van der Waals surface area contributed by atoms with Crippen LogP contribution in [0, 0.1) is 11.3 Å². The summed E-state index contributed by atoms with van der Waals surface area (Å²) in [5.74, 6) is 0.805. The molecule has 3 nitrogen and oxygen atoms in total. The monoisotopic (exact) mass is 294 g/mol. The van der Waals surface area contributed by atoms with Gasteiger partial charge in [0.15, 0.2) is 0 Å². The second kappa shape index (κ2) is 6.02. The van der Waals surface area contributed by atoms with Crippen molar-refractivity contribution in [3.05, 3.63) is 65.2 Å². The predicted octanol–water partition coefficient (Wildman–Crippen LogP) is 3.06. The molecule has 1 atom stereocenters. The van der Waals surface area contributed by atoms with Gasteiger partial charge in [0.1, 0.15) is 0 Å². The number of nitriles is 1. The lowest BCUT2D eigenvalue weighted by Gasteiger charge is -2.11. The van der Waals surface area contributed by atoms with E-state index < -0.39 is 0 Å². The number of fused-ring (bicyclic) bond motifs is 1. The van der Waals surface area contributed by atoms with Crippen LogP contribution in [0.4, 0.5) is 0 Å². The minimum atomic E-state index is -0.0652. The van der Waals surface area contributed by atoms with Gasteiger partial charge in [0.05, 0.1) is 17.6 Å². The van der Waals surface area contributed by atoms with Gasteiger partial charge >= 0.3 is 0 Å². The Labute approximate surface area is 128 Å². The largest absolute Gasteiger partial charge is 0.351 e. The molecule has 2 aromatic carbocycles. The van der Waals surface area contributed by atoms with Crippen molar-refractivity contribution in [3.8, 4) is 6.07 Å². The molecule has 1 heterocycles. The summed E-state index contributed by atoms with van der Waals surface area (Å²) in [5.41, 5.74) is 2.76. The maximum absolute atomic E-state index is 12.3. The molecule has 1 amide bonds. The molecule has 0 saturated carbocycles. The van der Waals surface area contributed by atoms with Gasteiger partial charge in [-0.1, -0.05) is 30.3 Å². The molecule has 104 valence electrons. The third-order valence-corrected chi connectivity index (χ3v) is 4.75. The van der Waals surface area contributed by atoms with Crippen molar-refractivity contribution in [2.45, 2.75) is 17.4 Å². The Hall–Kier alpha value is -2.25. The van der Waals surface area contributed by atoms with Crippen LogP contribution >= 0.6 is 11.8 Å². The second-order valence-electron chi connectivity index (χ2n) is 4.93. The maximum Gasteiger partial charge on any atom is 0.228 e. The van der Waals surface area contributed by atoms with Crippen molar-refractivity contribution >= 4 is 17.7 Å². The minimum absolute atomic E-state index is 0.0652. The molecule has 1 aliphatic heterocycles. The molecule has 0 spiro atoms. The number of nitrogens with zero attached hydrogens (tertiary/aromatic N) is 1. The number of benzene rings is 2. The number of amides is 1. The zero-order valence-corrected chi connectivity index (χ0v) is 12.2. The number of hydrogen-bond donors (Lipinski definition) is 1. The average Bonchev–Trinajstić information content (AvgIpc) is 2.97. The zero-order valence-electron chi connectivity index (χ0n) is 11.4. The Morgan fingerprint density at radius 3 is 2.76 bits per heavy atom. The van der Waals surface area contributed by atoms with Gasteiger partial charge in [0, 0.05) is 17.2 Å². The summed E-state index contributed by atoms with van der Waals surface area (Å²) < 4.78 is 0. The van der Waals surface area contributed by atoms with Crippen LogP contribution in [0.15, 0.2) is 53.4 Å². The highest BCUT2D eigenvalue weighted by Crippen LogP contribution is 2.39. The van der Waals surface area contributed by atoms with Crippen LogP contribution in [0.3, 0.4) is 0 Å². The lowest BCUT2D eigenvalue weighted by molar-refractivity contribution is -0.122. The molecule has 21 heavy (non-hydrogen) atoms. The van der Waals surface area contributed by atoms with Crippen LogP contribution in [-0.4, -0.2) is 11.7 Å². The first kappa shape index (κ1) is 13.7. The molecule has 1 N–H and O–H groups in total. The Morgan fingerprint density at radius 2 is 2.00 bits per heavy atom. The number of rotatable bonds is 3. The Morgan fingerprint density at radius 1 is 1.24 bits per heavy atom. The fourth-order valence-electron chi connectivity index (χ4n) is 2.39. The molecule has 3 rings (SSSR count). The Kier molecular flexibility index (Phi) is 3.94. The highest BCUT2D eigenvalue weighted by atomic mass is 32.2. The second-order valence-corrected chi connectivity index (χ2v) is 5.99. The molecular weight excluding hydrogens is 280 g/mol. The molecule has 0 aromatic heterocycles. The van der Waals surface area contributed by atoms with Crippen molar-refractivity contribution in [1.29, 1.82) is 5.26 Å². The average molecular weight is 294 g/mol. The van der Waals surface area contributed by atoms with E-state index in [1.54, 1.807) is 23.9 Å². The zero-order chi connectivity index (χ0) is 14.7. The Balaban J connectivity index is 1.64. The molecule has 1 aliphatic rings. The summed E-state index contributed by atoms with van der Waals surface area (Å²) in [6.07, 6.45) is 0.